The van der Waals surface area contributed by atoms with E-state index < -0.39 is 5.60 Å². The lowest BCUT2D eigenvalue weighted by molar-refractivity contribution is -0.130. The van der Waals surface area contributed by atoms with E-state index in [9.17, 15) is 9.90 Å². The topological polar surface area (TPSA) is 61.8 Å². The fourth-order valence-electron chi connectivity index (χ4n) is 1.56. The molecule has 1 aromatic rings. The Morgan fingerprint density at radius 2 is 2.00 bits per heavy atom. The first-order valence-electron chi connectivity index (χ1n) is 6.63. The summed E-state index contributed by atoms with van der Waals surface area (Å²) in [5.41, 5.74) is 0.208. The molecular formula is C15H24N2O3. The van der Waals surface area contributed by atoms with E-state index in [2.05, 4.69) is 5.32 Å². The number of likely N-dealkylation sites (N-methyl/N-ethyl adjacent to an activating group) is 1. The van der Waals surface area contributed by atoms with Gasteiger partial charge in [-0.1, -0.05) is 18.2 Å². The lowest BCUT2D eigenvalue weighted by Crippen LogP contribution is -2.34. The molecule has 112 valence electrons. The summed E-state index contributed by atoms with van der Waals surface area (Å²) in [6.45, 7) is 4.58. The number of nitrogens with zero attached hydrogens (tertiary/aromatic N) is 1. The summed E-state index contributed by atoms with van der Waals surface area (Å²) < 4.78 is 5.55. The van der Waals surface area contributed by atoms with E-state index in [1.807, 2.05) is 24.3 Å². The summed E-state index contributed by atoms with van der Waals surface area (Å²) in [5.74, 6) is 0.607. The molecule has 1 amide bonds. The van der Waals surface area contributed by atoms with Crippen molar-refractivity contribution >= 4 is 5.91 Å². The molecule has 0 spiro atoms. The molecule has 0 aliphatic heterocycles. The molecule has 20 heavy (non-hydrogen) atoms. The van der Waals surface area contributed by atoms with E-state index in [0.717, 1.165) is 5.56 Å². The lowest BCUT2D eigenvalue weighted by Gasteiger charge is -2.19. The molecule has 0 heterocycles. The van der Waals surface area contributed by atoms with Gasteiger partial charge in [0.05, 0.1) is 5.60 Å². The Kier molecular flexibility index (Phi) is 5.98. The third kappa shape index (κ3) is 6.04. The molecule has 1 rings (SSSR count). The van der Waals surface area contributed by atoms with E-state index in [1.54, 1.807) is 27.9 Å². The number of nitrogens with one attached hydrogen (secondary N) is 1. The van der Waals surface area contributed by atoms with Gasteiger partial charge in [0.2, 0.25) is 0 Å². The van der Waals surface area contributed by atoms with Gasteiger partial charge in [-0.15, -0.1) is 0 Å². The normalized spacial score (nSPS) is 11.2. The van der Waals surface area contributed by atoms with Gasteiger partial charge in [-0.25, -0.2) is 0 Å². The van der Waals surface area contributed by atoms with Crippen molar-refractivity contribution in [2.75, 3.05) is 27.2 Å². The largest absolute Gasteiger partial charge is 0.483 e. The van der Waals surface area contributed by atoms with Crippen molar-refractivity contribution in [1.82, 2.24) is 10.2 Å². The Labute approximate surface area is 120 Å². The lowest BCUT2D eigenvalue weighted by atomic mass is 10.1. The van der Waals surface area contributed by atoms with Gasteiger partial charge in [0.1, 0.15) is 5.75 Å². The highest BCUT2D eigenvalue weighted by Gasteiger charge is 2.12. The zero-order chi connectivity index (χ0) is 15.2. The van der Waals surface area contributed by atoms with Gasteiger partial charge in [0.15, 0.2) is 6.61 Å². The van der Waals surface area contributed by atoms with Crippen LogP contribution in [-0.2, 0) is 11.3 Å². The number of rotatable bonds is 7. The summed E-state index contributed by atoms with van der Waals surface area (Å²) in [6, 6.07) is 7.56. The second-order valence-electron chi connectivity index (χ2n) is 5.60. The monoisotopic (exact) mass is 280 g/mol. The number of para-hydroxylation sites is 1. The number of amides is 1. The molecule has 0 radical (unpaired) electrons. The zero-order valence-corrected chi connectivity index (χ0v) is 12.6. The van der Waals surface area contributed by atoms with E-state index in [-0.39, 0.29) is 12.5 Å². The van der Waals surface area contributed by atoms with Crippen LogP contribution < -0.4 is 10.1 Å². The first-order valence-corrected chi connectivity index (χ1v) is 6.63. The minimum Gasteiger partial charge on any atom is -0.483 e. The predicted octanol–water partition coefficient (Wildman–Crippen LogP) is 1.01. The molecule has 0 aromatic heterocycles. The van der Waals surface area contributed by atoms with Gasteiger partial charge >= 0.3 is 0 Å². The third-order valence-electron chi connectivity index (χ3n) is 2.70. The Balaban J connectivity index is 2.57. The molecule has 0 fully saturated rings. The van der Waals surface area contributed by atoms with E-state index in [1.165, 1.54) is 4.90 Å². The average molecular weight is 280 g/mol. The fourth-order valence-corrected chi connectivity index (χ4v) is 1.56. The smallest absolute Gasteiger partial charge is 0.259 e. The van der Waals surface area contributed by atoms with Crippen LogP contribution in [0.4, 0.5) is 0 Å². The van der Waals surface area contributed by atoms with Gasteiger partial charge < -0.3 is 20.1 Å². The van der Waals surface area contributed by atoms with Crippen LogP contribution in [0.15, 0.2) is 24.3 Å². The van der Waals surface area contributed by atoms with E-state index in [4.69, 9.17) is 4.74 Å². The van der Waals surface area contributed by atoms with Gasteiger partial charge in [-0.3, -0.25) is 4.79 Å². The van der Waals surface area contributed by atoms with Gasteiger partial charge in [-0.2, -0.15) is 0 Å². The highest BCUT2D eigenvalue weighted by atomic mass is 16.5. The van der Waals surface area contributed by atoms with Crippen molar-refractivity contribution in [1.29, 1.82) is 0 Å². The van der Waals surface area contributed by atoms with E-state index >= 15 is 0 Å². The van der Waals surface area contributed by atoms with Crippen LogP contribution >= 0.6 is 0 Å². The van der Waals surface area contributed by atoms with Crippen LogP contribution in [0.1, 0.15) is 19.4 Å². The van der Waals surface area contributed by atoms with Crippen LogP contribution in [0, 0.1) is 0 Å². The van der Waals surface area contributed by atoms with Crippen LogP contribution in [0.25, 0.3) is 0 Å². The van der Waals surface area contributed by atoms with Crippen LogP contribution in [-0.4, -0.2) is 48.8 Å². The first-order chi connectivity index (χ1) is 9.29. The Bertz CT molecular complexity index is 439. The SMILES string of the molecule is CN(C)C(=O)COc1ccccc1CNCC(C)(C)O. The van der Waals surface area contributed by atoms with Crippen molar-refractivity contribution in [3.05, 3.63) is 29.8 Å². The number of benzene rings is 1. The zero-order valence-electron chi connectivity index (χ0n) is 12.6. The Morgan fingerprint density at radius 1 is 1.35 bits per heavy atom. The molecule has 5 nitrogen and oxygen atoms in total. The van der Waals surface area contributed by atoms with E-state index in [0.29, 0.717) is 18.8 Å². The van der Waals surface area contributed by atoms with Crippen LogP contribution in [0.3, 0.4) is 0 Å². The molecule has 0 saturated heterocycles. The second-order valence-corrected chi connectivity index (χ2v) is 5.60. The van der Waals surface area contributed by atoms with Crippen molar-refractivity contribution in [3.8, 4) is 5.75 Å². The summed E-state index contributed by atoms with van der Waals surface area (Å²) in [7, 11) is 3.39. The molecule has 5 heteroatoms. The average Bonchev–Trinajstić information content (AvgIpc) is 2.35. The summed E-state index contributed by atoms with van der Waals surface area (Å²) in [4.78, 5) is 13.0. The number of ether oxygens (including phenoxy) is 1. The molecule has 0 bridgehead atoms. The predicted molar refractivity (Wildman–Crippen MR) is 78.6 cm³/mol. The van der Waals surface area contributed by atoms with Crippen molar-refractivity contribution in [2.45, 2.75) is 26.0 Å². The fraction of sp³-hybridized carbons (Fsp3) is 0.533. The minimum absolute atomic E-state index is 0.0233. The van der Waals surface area contributed by atoms with Crippen LogP contribution in [0.2, 0.25) is 0 Å². The molecule has 2 N–H and O–H groups in total. The molecule has 0 saturated carbocycles. The molecule has 0 aliphatic rings. The van der Waals surface area contributed by atoms with Crippen molar-refractivity contribution < 1.29 is 14.6 Å². The maximum absolute atomic E-state index is 11.5. The number of hydrogen-bond donors (Lipinski definition) is 2. The number of carbonyl (C=O) groups excluding carboxylic acids is 1. The quantitative estimate of drug-likeness (QED) is 0.782. The first kappa shape index (κ1) is 16.5. The Morgan fingerprint density at radius 3 is 2.60 bits per heavy atom. The van der Waals surface area contributed by atoms with Crippen molar-refractivity contribution in [3.63, 3.8) is 0 Å². The molecule has 0 unspecified atom stereocenters. The molecule has 0 atom stereocenters. The van der Waals surface area contributed by atoms with Gasteiger partial charge in [0, 0.05) is 32.7 Å². The molecule has 0 aliphatic carbocycles. The second kappa shape index (κ2) is 7.26. The number of aliphatic hydroxyl groups is 1. The highest BCUT2D eigenvalue weighted by Crippen LogP contribution is 2.17. The summed E-state index contributed by atoms with van der Waals surface area (Å²) >= 11 is 0. The van der Waals surface area contributed by atoms with Crippen molar-refractivity contribution in [2.24, 2.45) is 0 Å². The molecular weight excluding hydrogens is 256 g/mol. The minimum atomic E-state index is -0.753. The summed E-state index contributed by atoms with van der Waals surface area (Å²) in [6.07, 6.45) is 0. The van der Waals surface area contributed by atoms with Gasteiger partial charge in [-0.05, 0) is 19.9 Å². The third-order valence-corrected chi connectivity index (χ3v) is 2.70. The maximum atomic E-state index is 11.5. The summed E-state index contributed by atoms with van der Waals surface area (Å²) in [5, 5.41) is 12.8. The van der Waals surface area contributed by atoms with Gasteiger partial charge in [0.25, 0.3) is 5.91 Å². The Hall–Kier alpha value is -1.59. The molecule has 1 aromatic carbocycles. The maximum Gasteiger partial charge on any atom is 0.259 e. The highest BCUT2D eigenvalue weighted by molar-refractivity contribution is 5.77. The number of hydrogen-bond acceptors (Lipinski definition) is 4. The number of carbonyl (C=O) groups is 1. The van der Waals surface area contributed by atoms with Crippen LogP contribution in [0.5, 0.6) is 5.75 Å². The standard InChI is InChI=1S/C15H24N2O3/c1-15(2,19)11-16-9-12-7-5-6-8-13(12)20-10-14(18)17(3)4/h5-8,16,19H,9-11H2,1-4H3.